The number of benzene rings is 1. The van der Waals surface area contributed by atoms with E-state index >= 15 is 0 Å². The van der Waals surface area contributed by atoms with E-state index in [-0.39, 0.29) is 5.75 Å². The van der Waals surface area contributed by atoms with E-state index in [0.29, 0.717) is 13.0 Å². The second-order valence-electron chi connectivity index (χ2n) is 4.64. The third-order valence-corrected chi connectivity index (χ3v) is 2.59. The van der Waals surface area contributed by atoms with Gasteiger partial charge in [0, 0.05) is 12.1 Å². The fraction of sp³-hybridized carbons (Fsp3) is 0.462. The molecule has 0 amide bonds. The van der Waals surface area contributed by atoms with Gasteiger partial charge in [0.05, 0.1) is 5.92 Å². The number of nitrogens with zero attached hydrogens (tertiary/aromatic N) is 1. The summed E-state index contributed by atoms with van der Waals surface area (Å²) in [5, 5.41) is 18.5. The van der Waals surface area contributed by atoms with Crippen molar-refractivity contribution >= 4 is 5.97 Å². The zero-order chi connectivity index (χ0) is 13.0. The Hall–Kier alpha value is -1.55. The van der Waals surface area contributed by atoms with Crippen LogP contribution in [-0.2, 0) is 17.8 Å². The SMILES string of the molecule is CC(Cc1ccc(O)c(CN(C)C)c1)C(=O)O. The van der Waals surface area contributed by atoms with E-state index in [2.05, 4.69) is 0 Å². The van der Waals surface area contributed by atoms with Gasteiger partial charge in [0.15, 0.2) is 0 Å². The lowest BCUT2D eigenvalue weighted by molar-refractivity contribution is -0.141. The highest BCUT2D eigenvalue weighted by molar-refractivity contribution is 5.69. The summed E-state index contributed by atoms with van der Waals surface area (Å²) in [6, 6.07) is 5.27. The van der Waals surface area contributed by atoms with Gasteiger partial charge >= 0.3 is 5.97 Å². The number of rotatable bonds is 5. The first-order valence-electron chi connectivity index (χ1n) is 5.58. The van der Waals surface area contributed by atoms with E-state index in [9.17, 15) is 9.90 Å². The fourth-order valence-electron chi connectivity index (χ4n) is 1.67. The monoisotopic (exact) mass is 237 g/mol. The molecular weight excluding hydrogens is 218 g/mol. The van der Waals surface area contributed by atoms with Crippen molar-refractivity contribution in [3.8, 4) is 5.75 Å². The molecule has 0 spiro atoms. The van der Waals surface area contributed by atoms with Crippen LogP contribution in [0.5, 0.6) is 5.75 Å². The van der Waals surface area contributed by atoms with Crippen LogP contribution < -0.4 is 0 Å². The summed E-state index contributed by atoms with van der Waals surface area (Å²) in [6.07, 6.45) is 0.482. The topological polar surface area (TPSA) is 60.8 Å². The van der Waals surface area contributed by atoms with Crippen molar-refractivity contribution in [2.24, 2.45) is 5.92 Å². The average Bonchev–Trinajstić information content (AvgIpc) is 2.22. The average molecular weight is 237 g/mol. The number of aliphatic carboxylic acids is 1. The molecule has 4 nitrogen and oxygen atoms in total. The predicted molar refractivity (Wildman–Crippen MR) is 66.0 cm³/mol. The molecule has 1 unspecified atom stereocenters. The molecule has 0 fully saturated rings. The molecule has 0 saturated carbocycles. The first kappa shape index (κ1) is 13.5. The van der Waals surface area contributed by atoms with E-state index in [4.69, 9.17) is 5.11 Å². The third kappa shape index (κ3) is 4.07. The zero-order valence-corrected chi connectivity index (χ0v) is 10.5. The van der Waals surface area contributed by atoms with E-state index in [1.807, 2.05) is 25.1 Å². The van der Waals surface area contributed by atoms with Crippen molar-refractivity contribution in [1.82, 2.24) is 4.90 Å². The molecule has 94 valence electrons. The van der Waals surface area contributed by atoms with Crippen LogP contribution in [0.1, 0.15) is 18.1 Å². The van der Waals surface area contributed by atoms with Crippen LogP contribution in [0.3, 0.4) is 0 Å². The van der Waals surface area contributed by atoms with Gasteiger partial charge in [-0.05, 0) is 32.1 Å². The van der Waals surface area contributed by atoms with Gasteiger partial charge in [-0.2, -0.15) is 0 Å². The lowest BCUT2D eigenvalue weighted by Crippen LogP contribution is -2.13. The first-order chi connectivity index (χ1) is 7.90. The summed E-state index contributed by atoms with van der Waals surface area (Å²) >= 11 is 0. The van der Waals surface area contributed by atoms with Gasteiger partial charge in [0.25, 0.3) is 0 Å². The molecular formula is C13H19NO3. The Morgan fingerprint density at radius 1 is 1.41 bits per heavy atom. The summed E-state index contributed by atoms with van der Waals surface area (Å²) in [5.74, 6) is -0.954. The molecule has 0 aliphatic rings. The van der Waals surface area contributed by atoms with Crippen molar-refractivity contribution < 1.29 is 15.0 Å². The van der Waals surface area contributed by atoms with Crippen molar-refractivity contribution in [2.75, 3.05) is 14.1 Å². The van der Waals surface area contributed by atoms with Gasteiger partial charge < -0.3 is 15.1 Å². The number of carboxylic acids is 1. The molecule has 0 bridgehead atoms. The molecule has 0 radical (unpaired) electrons. The Balaban J connectivity index is 2.84. The van der Waals surface area contributed by atoms with Gasteiger partial charge in [0.2, 0.25) is 0 Å². The Morgan fingerprint density at radius 2 is 2.06 bits per heavy atom. The second kappa shape index (κ2) is 5.68. The molecule has 0 aliphatic heterocycles. The molecule has 17 heavy (non-hydrogen) atoms. The summed E-state index contributed by atoms with van der Waals surface area (Å²) in [7, 11) is 3.85. The highest BCUT2D eigenvalue weighted by atomic mass is 16.4. The molecule has 0 heterocycles. The molecule has 0 aliphatic carbocycles. The predicted octanol–water partition coefficient (Wildman–Crippen LogP) is 1.72. The first-order valence-corrected chi connectivity index (χ1v) is 5.58. The minimum absolute atomic E-state index is 0.255. The van der Waals surface area contributed by atoms with Gasteiger partial charge in [-0.1, -0.05) is 19.1 Å². The van der Waals surface area contributed by atoms with E-state index in [0.717, 1.165) is 11.1 Å². The lowest BCUT2D eigenvalue weighted by Gasteiger charge is -2.13. The van der Waals surface area contributed by atoms with Crippen LogP contribution in [0, 0.1) is 5.92 Å². The molecule has 0 saturated heterocycles. The number of phenolic OH excluding ortho intramolecular Hbond substituents is 1. The number of hydrogen-bond donors (Lipinski definition) is 2. The van der Waals surface area contributed by atoms with Crippen LogP contribution >= 0.6 is 0 Å². The highest BCUT2D eigenvalue weighted by Crippen LogP contribution is 2.21. The maximum atomic E-state index is 10.8. The molecule has 4 heteroatoms. The Morgan fingerprint density at radius 3 is 2.59 bits per heavy atom. The van der Waals surface area contributed by atoms with E-state index < -0.39 is 11.9 Å². The normalized spacial score (nSPS) is 12.7. The van der Waals surface area contributed by atoms with Crippen molar-refractivity contribution in [3.05, 3.63) is 29.3 Å². The molecule has 1 aromatic carbocycles. The number of carbonyl (C=O) groups is 1. The number of aromatic hydroxyl groups is 1. The molecule has 1 rings (SSSR count). The molecule has 1 aromatic rings. The smallest absolute Gasteiger partial charge is 0.306 e. The molecule has 1 atom stereocenters. The van der Waals surface area contributed by atoms with Crippen molar-refractivity contribution in [1.29, 1.82) is 0 Å². The van der Waals surface area contributed by atoms with Crippen LogP contribution in [0.15, 0.2) is 18.2 Å². The minimum Gasteiger partial charge on any atom is -0.508 e. The van der Waals surface area contributed by atoms with Gasteiger partial charge in [-0.15, -0.1) is 0 Å². The number of phenols is 1. The standard InChI is InChI=1S/C13H19NO3/c1-9(13(16)17)6-10-4-5-12(15)11(7-10)8-14(2)3/h4-5,7,9,15H,6,8H2,1-3H3,(H,16,17). The third-order valence-electron chi connectivity index (χ3n) is 2.59. The molecule has 0 aromatic heterocycles. The van der Waals surface area contributed by atoms with Gasteiger partial charge in [-0.25, -0.2) is 0 Å². The number of hydrogen-bond acceptors (Lipinski definition) is 3. The summed E-state index contributed by atoms with van der Waals surface area (Å²) in [6.45, 7) is 2.32. The largest absolute Gasteiger partial charge is 0.508 e. The fourth-order valence-corrected chi connectivity index (χ4v) is 1.67. The van der Waals surface area contributed by atoms with Crippen molar-refractivity contribution in [2.45, 2.75) is 19.9 Å². The van der Waals surface area contributed by atoms with Crippen LogP contribution in [-0.4, -0.2) is 35.2 Å². The zero-order valence-electron chi connectivity index (χ0n) is 10.5. The maximum Gasteiger partial charge on any atom is 0.306 e. The van der Waals surface area contributed by atoms with Crippen LogP contribution in [0.4, 0.5) is 0 Å². The summed E-state index contributed by atoms with van der Waals surface area (Å²) in [5.41, 5.74) is 1.76. The maximum absolute atomic E-state index is 10.8. The lowest BCUT2D eigenvalue weighted by atomic mass is 9.99. The Bertz CT molecular complexity index is 402. The van der Waals surface area contributed by atoms with E-state index in [1.54, 1.807) is 19.1 Å². The molecule has 2 N–H and O–H groups in total. The van der Waals surface area contributed by atoms with Gasteiger partial charge in [-0.3, -0.25) is 4.79 Å². The second-order valence-corrected chi connectivity index (χ2v) is 4.64. The van der Waals surface area contributed by atoms with Gasteiger partial charge in [0.1, 0.15) is 5.75 Å². The quantitative estimate of drug-likeness (QED) is 0.818. The summed E-state index contributed by atoms with van der Waals surface area (Å²) < 4.78 is 0. The van der Waals surface area contributed by atoms with E-state index in [1.165, 1.54) is 0 Å². The van der Waals surface area contributed by atoms with Crippen LogP contribution in [0.2, 0.25) is 0 Å². The minimum atomic E-state index is -0.799. The Labute approximate surface area is 101 Å². The Kier molecular flexibility index (Phi) is 4.52. The number of carboxylic acid groups (broad SMARTS) is 1. The summed E-state index contributed by atoms with van der Waals surface area (Å²) in [4.78, 5) is 12.7. The van der Waals surface area contributed by atoms with Crippen LogP contribution in [0.25, 0.3) is 0 Å². The van der Waals surface area contributed by atoms with Crippen molar-refractivity contribution in [3.63, 3.8) is 0 Å². The highest BCUT2D eigenvalue weighted by Gasteiger charge is 2.12.